The van der Waals surface area contributed by atoms with E-state index in [2.05, 4.69) is 0 Å². The van der Waals surface area contributed by atoms with Gasteiger partial charge < -0.3 is 15.4 Å². The van der Waals surface area contributed by atoms with Crippen molar-refractivity contribution < 1.29 is 23.5 Å². The molecule has 2 aliphatic heterocycles. The lowest BCUT2D eigenvalue weighted by Gasteiger charge is -2.32. The molecule has 0 aromatic heterocycles. The largest absolute Gasteiger partial charge is 0.468 e. The van der Waals surface area contributed by atoms with E-state index in [0.29, 0.717) is 0 Å². The SMILES string of the molecule is COC(=O)[C@]1(C#N)[C@H](c2ccccc2F)[C@H](C(N)=O)N2C=C(C(C)=O)C=C[C@@H]21. The molecule has 3 rings (SSSR count). The van der Waals surface area contributed by atoms with Gasteiger partial charge in [0.05, 0.1) is 19.2 Å². The molecule has 1 aromatic carbocycles. The number of benzene rings is 1. The maximum absolute atomic E-state index is 14.7. The zero-order chi connectivity index (χ0) is 20.6. The number of nitriles is 1. The first-order valence-electron chi connectivity index (χ1n) is 8.51. The number of carbonyl (C=O) groups excluding carboxylic acids is 3. The first-order chi connectivity index (χ1) is 13.3. The summed E-state index contributed by atoms with van der Waals surface area (Å²) in [5, 5.41) is 10.1. The number of methoxy groups -OCH3 is 1. The molecule has 1 fully saturated rings. The first kappa shape index (κ1) is 19.3. The molecule has 0 spiro atoms. The molecular weight excluding hydrogens is 365 g/mol. The first-order valence-corrected chi connectivity index (χ1v) is 8.51. The highest BCUT2D eigenvalue weighted by molar-refractivity contribution is 5.97. The number of allylic oxidation sites excluding steroid dienone is 2. The summed E-state index contributed by atoms with van der Waals surface area (Å²) >= 11 is 0. The zero-order valence-corrected chi connectivity index (χ0v) is 15.3. The van der Waals surface area contributed by atoms with E-state index < -0.39 is 41.1 Å². The number of amides is 1. The Labute approximate surface area is 160 Å². The third kappa shape index (κ3) is 2.59. The van der Waals surface area contributed by atoms with Crippen LogP contribution in [0, 0.1) is 22.6 Å². The van der Waals surface area contributed by atoms with Gasteiger partial charge in [-0.25, -0.2) is 4.39 Å². The summed E-state index contributed by atoms with van der Waals surface area (Å²) in [5.74, 6) is -3.95. The fourth-order valence-electron chi connectivity index (χ4n) is 4.08. The monoisotopic (exact) mass is 383 g/mol. The highest BCUT2D eigenvalue weighted by Gasteiger charge is 2.66. The standard InChI is InChI=1S/C20H18FN3O4/c1-11(25)12-7-8-15-20(10-22,19(27)28-2)16(13-5-3-4-6-14(13)21)17(18(23)26)24(15)9-12/h3-9,15-17H,1-2H3,(H2,23,26)/t15-,16-,17-,20+/m1/s1. The summed E-state index contributed by atoms with van der Waals surface area (Å²) in [5.41, 5.74) is 3.95. The van der Waals surface area contributed by atoms with Gasteiger partial charge in [-0.15, -0.1) is 0 Å². The number of ether oxygens (including phenoxy) is 1. The minimum Gasteiger partial charge on any atom is -0.468 e. The number of carbonyl (C=O) groups is 3. The summed E-state index contributed by atoms with van der Waals surface area (Å²) in [6.45, 7) is 1.35. The lowest BCUT2D eigenvalue weighted by Crippen LogP contribution is -2.45. The molecule has 0 aliphatic carbocycles. The smallest absolute Gasteiger partial charge is 0.329 e. The Morgan fingerprint density at radius 1 is 1.32 bits per heavy atom. The molecule has 1 amide bonds. The van der Waals surface area contributed by atoms with Crippen LogP contribution < -0.4 is 5.73 Å². The van der Waals surface area contributed by atoms with Crippen LogP contribution in [0.5, 0.6) is 0 Å². The predicted octanol–water partition coefficient (Wildman–Crippen LogP) is 1.17. The van der Waals surface area contributed by atoms with Gasteiger partial charge >= 0.3 is 5.97 Å². The Morgan fingerprint density at radius 2 is 2.00 bits per heavy atom. The van der Waals surface area contributed by atoms with Gasteiger partial charge in [0.15, 0.2) is 11.2 Å². The van der Waals surface area contributed by atoms with Crippen molar-refractivity contribution in [1.82, 2.24) is 4.90 Å². The number of esters is 1. The zero-order valence-electron chi connectivity index (χ0n) is 15.3. The molecule has 2 aliphatic rings. The van der Waals surface area contributed by atoms with E-state index in [1.54, 1.807) is 6.07 Å². The van der Waals surface area contributed by atoms with Crippen LogP contribution in [0.4, 0.5) is 4.39 Å². The van der Waals surface area contributed by atoms with E-state index in [1.165, 1.54) is 48.4 Å². The Balaban J connectivity index is 2.33. The van der Waals surface area contributed by atoms with Crippen LogP contribution in [0.2, 0.25) is 0 Å². The van der Waals surface area contributed by atoms with Crippen LogP contribution in [0.1, 0.15) is 18.4 Å². The fraction of sp³-hybridized carbons (Fsp3) is 0.300. The average molecular weight is 383 g/mol. The van der Waals surface area contributed by atoms with Crippen LogP contribution in [-0.2, 0) is 19.1 Å². The Hall–Kier alpha value is -3.47. The number of halogens is 1. The minimum atomic E-state index is -1.94. The van der Waals surface area contributed by atoms with E-state index >= 15 is 0 Å². The highest BCUT2D eigenvalue weighted by Crippen LogP contribution is 2.54. The van der Waals surface area contributed by atoms with Crippen molar-refractivity contribution in [2.75, 3.05) is 7.11 Å². The van der Waals surface area contributed by atoms with Gasteiger partial charge in [0.1, 0.15) is 11.9 Å². The lowest BCUT2D eigenvalue weighted by molar-refractivity contribution is -0.150. The molecule has 144 valence electrons. The van der Waals surface area contributed by atoms with Crippen LogP contribution in [-0.4, -0.2) is 41.8 Å². The molecule has 0 bridgehead atoms. The second kappa shape index (κ2) is 6.93. The molecule has 0 unspecified atom stereocenters. The second-order valence-electron chi connectivity index (χ2n) is 6.71. The highest BCUT2D eigenvalue weighted by atomic mass is 19.1. The molecule has 0 saturated carbocycles. The third-order valence-electron chi connectivity index (χ3n) is 5.31. The van der Waals surface area contributed by atoms with E-state index in [1.807, 2.05) is 6.07 Å². The van der Waals surface area contributed by atoms with Crippen molar-refractivity contribution >= 4 is 17.7 Å². The van der Waals surface area contributed by atoms with Crippen LogP contribution >= 0.6 is 0 Å². The number of Topliss-reactive ketones (excluding diaryl/α,β-unsaturated/α-hetero) is 1. The van der Waals surface area contributed by atoms with E-state index in [9.17, 15) is 24.0 Å². The summed E-state index contributed by atoms with van der Waals surface area (Å²) in [7, 11) is 1.12. The van der Waals surface area contributed by atoms with Gasteiger partial charge in [0.2, 0.25) is 5.91 Å². The maximum atomic E-state index is 14.7. The fourth-order valence-corrected chi connectivity index (χ4v) is 4.08. The number of rotatable bonds is 4. The van der Waals surface area contributed by atoms with Gasteiger partial charge in [0.25, 0.3) is 0 Å². The van der Waals surface area contributed by atoms with Crippen molar-refractivity contribution in [3.8, 4) is 6.07 Å². The molecule has 7 nitrogen and oxygen atoms in total. The maximum Gasteiger partial charge on any atom is 0.329 e. The molecule has 28 heavy (non-hydrogen) atoms. The number of nitrogens with zero attached hydrogens (tertiary/aromatic N) is 2. The summed E-state index contributed by atoms with van der Waals surface area (Å²) in [4.78, 5) is 38.4. The van der Waals surface area contributed by atoms with E-state index in [-0.39, 0.29) is 16.9 Å². The summed E-state index contributed by atoms with van der Waals surface area (Å²) < 4.78 is 19.6. The van der Waals surface area contributed by atoms with Crippen molar-refractivity contribution in [3.63, 3.8) is 0 Å². The Morgan fingerprint density at radius 3 is 2.54 bits per heavy atom. The number of hydrogen-bond acceptors (Lipinski definition) is 6. The molecule has 1 saturated heterocycles. The summed E-state index contributed by atoms with van der Waals surface area (Å²) in [6.07, 6.45) is 4.34. The second-order valence-corrected chi connectivity index (χ2v) is 6.71. The molecule has 2 heterocycles. The lowest BCUT2D eigenvalue weighted by atomic mass is 9.68. The Kier molecular flexibility index (Phi) is 4.77. The number of hydrogen-bond donors (Lipinski definition) is 1. The number of nitrogens with two attached hydrogens (primary N) is 1. The van der Waals surface area contributed by atoms with Gasteiger partial charge in [-0.3, -0.25) is 14.4 Å². The topological polar surface area (TPSA) is 113 Å². The van der Waals surface area contributed by atoms with Crippen molar-refractivity contribution in [3.05, 3.63) is 59.6 Å². The molecule has 2 N–H and O–H groups in total. The summed E-state index contributed by atoms with van der Waals surface area (Å²) in [6, 6.07) is 5.36. The van der Waals surface area contributed by atoms with Crippen molar-refractivity contribution in [1.29, 1.82) is 5.26 Å². The molecule has 0 radical (unpaired) electrons. The molecule has 8 heteroatoms. The van der Waals surface area contributed by atoms with Gasteiger partial charge in [-0.05, 0) is 18.6 Å². The van der Waals surface area contributed by atoms with E-state index in [4.69, 9.17) is 10.5 Å². The van der Waals surface area contributed by atoms with Crippen LogP contribution in [0.25, 0.3) is 0 Å². The van der Waals surface area contributed by atoms with Crippen molar-refractivity contribution in [2.24, 2.45) is 11.1 Å². The molecule has 4 atom stereocenters. The molecule has 1 aromatic rings. The third-order valence-corrected chi connectivity index (χ3v) is 5.31. The number of primary amides is 1. The van der Waals surface area contributed by atoms with Crippen LogP contribution in [0.15, 0.2) is 48.2 Å². The minimum absolute atomic E-state index is 0.00109. The van der Waals surface area contributed by atoms with Crippen molar-refractivity contribution in [2.45, 2.75) is 24.9 Å². The quantitative estimate of drug-likeness (QED) is 0.781. The van der Waals surface area contributed by atoms with Gasteiger partial charge in [-0.2, -0.15) is 5.26 Å². The number of fused-ring (bicyclic) bond motifs is 1. The predicted molar refractivity (Wildman–Crippen MR) is 95.7 cm³/mol. The number of ketones is 1. The van der Waals surface area contributed by atoms with E-state index in [0.717, 1.165) is 7.11 Å². The molecular formula is C20H18FN3O4. The van der Waals surface area contributed by atoms with Crippen LogP contribution in [0.3, 0.4) is 0 Å². The van der Waals surface area contributed by atoms with Gasteiger partial charge in [-0.1, -0.05) is 30.4 Å². The Bertz CT molecular complexity index is 964. The van der Waals surface area contributed by atoms with Gasteiger partial charge in [0, 0.05) is 17.7 Å². The normalized spacial score (nSPS) is 28.1. The average Bonchev–Trinajstić information content (AvgIpc) is 2.98.